The molecule has 0 atom stereocenters. The summed E-state index contributed by atoms with van der Waals surface area (Å²) in [6, 6.07) is 16.2. The summed E-state index contributed by atoms with van der Waals surface area (Å²) in [6.07, 6.45) is 1.99. The van der Waals surface area contributed by atoms with Crippen molar-refractivity contribution in [3.8, 4) is 0 Å². The maximum Gasteiger partial charge on any atom is 0.415 e. The van der Waals surface area contributed by atoms with Crippen molar-refractivity contribution in [2.45, 2.75) is 12.8 Å². The molecule has 0 N–H and O–H groups in total. The van der Waals surface area contributed by atoms with Crippen molar-refractivity contribution in [3.63, 3.8) is 0 Å². The third-order valence-electron chi connectivity index (χ3n) is 3.08. The van der Waals surface area contributed by atoms with Gasteiger partial charge in [-0.15, -0.1) is 0 Å². The first-order chi connectivity index (χ1) is 7.86. The Balaban J connectivity index is 2.22. The Bertz CT molecular complexity index is 511. The highest BCUT2D eigenvalue weighted by molar-refractivity contribution is 7.61. The molecule has 1 nitrogen and oxygen atoms in total. The number of aryl methyl sites for hydroxylation is 2. The molecule has 0 aliphatic carbocycles. The summed E-state index contributed by atoms with van der Waals surface area (Å²) in [4.78, 5) is 0. The third-order valence-corrected chi connectivity index (χ3v) is 4.83. The molecule has 3 rings (SSSR count). The summed E-state index contributed by atoms with van der Waals surface area (Å²) in [6.45, 7) is 0. The van der Waals surface area contributed by atoms with Crippen molar-refractivity contribution in [1.29, 1.82) is 0 Å². The Labute approximate surface area is 95.9 Å². The molecule has 2 aromatic carbocycles. The van der Waals surface area contributed by atoms with Crippen LogP contribution in [0.5, 0.6) is 0 Å². The molecule has 0 aromatic heterocycles. The van der Waals surface area contributed by atoms with E-state index in [-0.39, 0.29) is 0 Å². The largest absolute Gasteiger partial charge is 0.415 e. The molecular weight excluding hydrogens is 215 g/mol. The summed E-state index contributed by atoms with van der Waals surface area (Å²) < 4.78 is 12.5. The SMILES string of the molecule is O=[P+]1c2ccccc2CCc2ccccc21. The zero-order valence-corrected chi connectivity index (χ0v) is 9.78. The van der Waals surface area contributed by atoms with Gasteiger partial charge in [0.05, 0.1) is 0 Å². The van der Waals surface area contributed by atoms with E-state index >= 15 is 0 Å². The molecule has 0 radical (unpaired) electrons. The molecule has 78 valence electrons. The van der Waals surface area contributed by atoms with Gasteiger partial charge in [0.1, 0.15) is 0 Å². The predicted octanol–water partition coefficient (Wildman–Crippen LogP) is 2.56. The first-order valence-electron chi connectivity index (χ1n) is 5.49. The number of rotatable bonds is 0. The van der Waals surface area contributed by atoms with E-state index in [1.165, 1.54) is 11.1 Å². The van der Waals surface area contributed by atoms with Crippen LogP contribution in [0.25, 0.3) is 0 Å². The lowest BCUT2D eigenvalue weighted by Crippen LogP contribution is -2.09. The average Bonchev–Trinajstić information content (AvgIpc) is 2.49. The maximum absolute atomic E-state index is 12.5. The van der Waals surface area contributed by atoms with E-state index in [0.29, 0.717) is 0 Å². The maximum atomic E-state index is 12.5. The molecule has 16 heavy (non-hydrogen) atoms. The molecule has 0 saturated heterocycles. The van der Waals surface area contributed by atoms with Crippen molar-refractivity contribution in [2.75, 3.05) is 0 Å². The van der Waals surface area contributed by atoms with Gasteiger partial charge in [0.25, 0.3) is 0 Å². The zero-order valence-electron chi connectivity index (χ0n) is 8.89. The molecule has 0 saturated carbocycles. The van der Waals surface area contributed by atoms with Gasteiger partial charge in [-0.25, -0.2) is 0 Å². The second-order valence-corrected chi connectivity index (χ2v) is 5.60. The van der Waals surface area contributed by atoms with Gasteiger partial charge in [-0.3, -0.25) is 0 Å². The van der Waals surface area contributed by atoms with Crippen molar-refractivity contribution in [2.24, 2.45) is 0 Å². The topological polar surface area (TPSA) is 17.1 Å². The van der Waals surface area contributed by atoms with Gasteiger partial charge < -0.3 is 0 Å². The van der Waals surface area contributed by atoms with Crippen LogP contribution in [0.2, 0.25) is 0 Å². The van der Waals surface area contributed by atoms with Crippen LogP contribution in [-0.2, 0) is 17.4 Å². The van der Waals surface area contributed by atoms with Crippen LogP contribution in [0, 0.1) is 0 Å². The lowest BCUT2D eigenvalue weighted by atomic mass is 10.0. The highest BCUT2D eigenvalue weighted by Crippen LogP contribution is 2.27. The quantitative estimate of drug-likeness (QED) is 0.632. The molecule has 1 aliphatic heterocycles. The second kappa shape index (κ2) is 3.84. The third kappa shape index (κ3) is 1.48. The summed E-state index contributed by atoms with van der Waals surface area (Å²) in [5.41, 5.74) is 2.47. The van der Waals surface area contributed by atoms with Crippen LogP contribution in [0.1, 0.15) is 11.1 Å². The smallest absolute Gasteiger partial charge is 0.0617 e. The number of benzene rings is 2. The van der Waals surface area contributed by atoms with Gasteiger partial charge in [-0.1, -0.05) is 41.0 Å². The fourth-order valence-corrected chi connectivity index (χ4v) is 3.84. The van der Waals surface area contributed by atoms with E-state index in [2.05, 4.69) is 12.1 Å². The summed E-state index contributed by atoms with van der Waals surface area (Å²) in [5.74, 6) is 0. The Morgan fingerprint density at radius 1 is 0.750 bits per heavy atom. The molecule has 2 aromatic rings. The van der Waals surface area contributed by atoms with Crippen LogP contribution < -0.4 is 10.6 Å². The van der Waals surface area contributed by atoms with Crippen LogP contribution in [0.4, 0.5) is 0 Å². The number of fused-ring (bicyclic) bond motifs is 2. The first kappa shape index (κ1) is 9.74. The van der Waals surface area contributed by atoms with Crippen molar-refractivity contribution in [3.05, 3.63) is 59.7 Å². The molecule has 1 aliphatic rings. The van der Waals surface area contributed by atoms with Gasteiger partial charge in [0.2, 0.25) is 0 Å². The lowest BCUT2D eigenvalue weighted by Gasteiger charge is -1.96. The van der Waals surface area contributed by atoms with E-state index in [9.17, 15) is 4.57 Å². The molecule has 0 bridgehead atoms. The van der Waals surface area contributed by atoms with Crippen LogP contribution in [0.3, 0.4) is 0 Å². The van der Waals surface area contributed by atoms with E-state index < -0.39 is 7.80 Å². The zero-order chi connectivity index (χ0) is 11.0. The van der Waals surface area contributed by atoms with Crippen molar-refractivity contribution >= 4 is 18.4 Å². The summed E-state index contributed by atoms with van der Waals surface area (Å²) in [5, 5.41) is 2.03. The fraction of sp³-hybridized carbons (Fsp3) is 0.143. The molecule has 0 unspecified atom stereocenters. The lowest BCUT2D eigenvalue weighted by molar-refractivity contribution is 0.598. The molecule has 0 fully saturated rings. The normalized spacial score (nSPS) is 13.9. The van der Waals surface area contributed by atoms with Crippen LogP contribution in [0.15, 0.2) is 48.5 Å². The van der Waals surface area contributed by atoms with Gasteiger partial charge in [-0.2, -0.15) is 0 Å². The standard InChI is InChI=1S/C14H12OP/c15-16-13-7-3-1-5-11(13)9-10-12-6-2-4-8-14(12)16/h1-8H,9-10H2/q+1. The molecule has 2 heteroatoms. The van der Waals surface area contributed by atoms with E-state index in [1.54, 1.807) is 0 Å². The van der Waals surface area contributed by atoms with E-state index in [0.717, 1.165) is 23.5 Å². The monoisotopic (exact) mass is 227 g/mol. The van der Waals surface area contributed by atoms with E-state index in [4.69, 9.17) is 0 Å². The Morgan fingerprint density at radius 3 is 1.69 bits per heavy atom. The minimum Gasteiger partial charge on any atom is -0.0617 e. The molecule has 0 amide bonds. The van der Waals surface area contributed by atoms with Gasteiger partial charge in [0.15, 0.2) is 10.6 Å². The Morgan fingerprint density at radius 2 is 1.19 bits per heavy atom. The summed E-state index contributed by atoms with van der Waals surface area (Å²) >= 11 is 0. The van der Waals surface area contributed by atoms with Crippen LogP contribution >= 0.6 is 7.80 Å². The highest BCUT2D eigenvalue weighted by atomic mass is 31.1. The minimum atomic E-state index is -1.40. The van der Waals surface area contributed by atoms with Gasteiger partial charge >= 0.3 is 7.80 Å². The minimum absolute atomic E-state index is 0.994. The second-order valence-electron chi connectivity index (χ2n) is 4.05. The van der Waals surface area contributed by atoms with Crippen molar-refractivity contribution in [1.82, 2.24) is 0 Å². The Kier molecular flexibility index (Phi) is 2.34. The predicted molar refractivity (Wildman–Crippen MR) is 67.2 cm³/mol. The van der Waals surface area contributed by atoms with Gasteiger partial charge in [-0.05, 0) is 25.0 Å². The Hall–Kier alpha value is -1.46. The van der Waals surface area contributed by atoms with Crippen LogP contribution in [-0.4, -0.2) is 0 Å². The summed E-state index contributed by atoms with van der Waals surface area (Å²) in [7, 11) is -1.40. The number of hydrogen-bond donors (Lipinski definition) is 0. The highest BCUT2D eigenvalue weighted by Gasteiger charge is 2.31. The number of hydrogen-bond acceptors (Lipinski definition) is 1. The molecular formula is C14H12OP+. The van der Waals surface area contributed by atoms with E-state index in [1.807, 2.05) is 36.4 Å². The molecule has 1 heterocycles. The fourth-order valence-electron chi connectivity index (χ4n) is 2.24. The molecule has 0 spiro atoms. The van der Waals surface area contributed by atoms with Gasteiger partial charge in [0, 0.05) is 11.1 Å². The van der Waals surface area contributed by atoms with Crippen molar-refractivity contribution < 1.29 is 4.57 Å². The first-order valence-corrected chi connectivity index (χ1v) is 6.75. The average molecular weight is 227 g/mol.